The van der Waals surface area contributed by atoms with Crippen LogP contribution in [0.3, 0.4) is 0 Å². The highest BCUT2D eigenvalue weighted by molar-refractivity contribution is 7.15. The second-order valence-corrected chi connectivity index (χ2v) is 7.92. The molecular formula is C21H22N2O4S. The first-order valence-corrected chi connectivity index (χ1v) is 10.5. The maximum atomic E-state index is 12.7. The van der Waals surface area contributed by atoms with Gasteiger partial charge in [0.15, 0.2) is 0 Å². The molecule has 1 saturated heterocycles. The molecule has 146 valence electrons. The van der Waals surface area contributed by atoms with E-state index in [0.29, 0.717) is 41.6 Å². The van der Waals surface area contributed by atoms with Crippen LogP contribution in [0.5, 0.6) is 0 Å². The van der Waals surface area contributed by atoms with Crippen LogP contribution in [-0.2, 0) is 9.53 Å². The van der Waals surface area contributed by atoms with E-state index in [-0.39, 0.29) is 17.8 Å². The van der Waals surface area contributed by atoms with Crippen molar-refractivity contribution in [3.8, 4) is 0 Å². The fourth-order valence-electron chi connectivity index (χ4n) is 3.46. The van der Waals surface area contributed by atoms with Crippen molar-refractivity contribution in [2.24, 2.45) is 0 Å². The molecule has 2 amide bonds. The summed E-state index contributed by atoms with van der Waals surface area (Å²) < 4.78 is 5.19. The van der Waals surface area contributed by atoms with Crippen molar-refractivity contribution in [2.75, 3.05) is 23.4 Å². The molecule has 1 saturated carbocycles. The van der Waals surface area contributed by atoms with Crippen LogP contribution in [-0.4, -0.2) is 30.9 Å². The second kappa shape index (κ2) is 7.75. The average Bonchev–Trinajstić information content (AvgIpc) is 3.32. The molecule has 2 aromatic rings. The minimum absolute atomic E-state index is 0.113. The van der Waals surface area contributed by atoms with Crippen LogP contribution in [0, 0.1) is 0 Å². The monoisotopic (exact) mass is 398 g/mol. The molecule has 1 aliphatic carbocycles. The lowest BCUT2D eigenvalue weighted by molar-refractivity contribution is -0.117. The molecule has 0 radical (unpaired) electrons. The summed E-state index contributed by atoms with van der Waals surface area (Å²) in [6.07, 6.45) is 3.56. The van der Waals surface area contributed by atoms with Crippen molar-refractivity contribution in [3.05, 3.63) is 46.3 Å². The van der Waals surface area contributed by atoms with Crippen LogP contribution in [0.25, 0.3) is 0 Å². The topological polar surface area (TPSA) is 75.7 Å². The van der Waals surface area contributed by atoms with E-state index in [9.17, 15) is 14.4 Å². The van der Waals surface area contributed by atoms with Crippen LogP contribution in [0.2, 0.25) is 0 Å². The Kier molecular flexibility index (Phi) is 5.17. The number of hydrogen-bond acceptors (Lipinski definition) is 5. The van der Waals surface area contributed by atoms with Crippen molar-refractivity contribution in [1.82, 2.24) is 0 Å². The zero-order valence-electron chi connectivity index (χ0n) is 15.7. The fourth-order valence-corrected chi connectivity index (χ4v) is 4.49. The number of carbonyl (C=O) groups excluding carboxylic acids is 3. The number of thiophene rings is 1. The number of ether oxygens (including phenoxy) is 1. The summed E-state index contributed by atoms with van der Waals surface area (Å²) in [5, 5.41) is 5.34. The summed E-state index contributed by atoms with van der Waals surface area (Å²) in [4.78, 5) is 38.7. The third-order valence-electron chi connectivity index (χ3n) is 5.06. The fraction of sp³-hybridized carbons (Fsp3) is 0.381. The molecule has 1 N–H and O–H groups in total. The van der Waals surface area contributed by atoms with Crippen LogP contribution < -0.4 is 10.2 Å². The Bertz CT molecular complexity index is 915. The molecule has 6 nitrogen and oxygen atoms in total. The van der Waals surface area contributed by atoms with Crippen LogP contribution in [0.4, 0.5) is 10.7 Å². The van der Waals surface area contributed by atoms with E-state index in [0.717, 1.165) is 30.5 Å². The SMILES string of the molecule is CCOC(=O)c1c(C2CC2)csc1NC(=O)c1ccc(N2CCCC2=O)cc1. The van der Waals surface area contributed by atoms with Gasteiger partial charge in [-0.2, -0.15) is 0 Å². The van der Waals surface area contributed by atoms with Gasteiger partial charge in [-0.1, -0.05) is 0 Å². The molecule has 0 atom stereocenters. The van der Waals surface area contributed by atoms with Gasteiger partial charge in [-0.3, -0.25) is 9.59 Å². The van der Waals surface area contributed by atoms with E-state index >= 15 is 0 Å². The molecule has 1 aromatic heterocycles. The molecule has 0 unspecified atom stereocenters. The minimum atomic E-state index is -0.385. The zero-order valence-corrected chi connectivity index (χ0v) is 16.5. The predicted molar refractivity (Wildman–Crippen MR) is 108 cm³/mol. The van der Waals surface area contributed by atoms with Gasteiger partial charge in [-0.25, -0.2) is 4.79 Å². The normalized spacial score (nSPS) is 16.3. The number of carbonyl (C=O) groups is 3. The summed E-state index contributed by atoms with van der Waals surface area (Å²) in [7, 11) is 0. The number of benzene rings is 1. The third kappa shape index (κ3) is 3.67. The Morgan fingerprint density at radius 1 is 1.25 bits per heavy atom. The first-order chi connectivity index (χ1) is 13.6. The van der Waals surface area contributed by atoms with E-state index in [1.165, 1.54) is 11.3 Å². The lowest BCUT2D eigenvalue weighted by Crippen LogP contribution is -2.23. The Morgan fingerprint density at radius 3 is 2.61 bits per heavy atom. The first-order valence-electron chi connectivity index (χ1n) is 9.58. The smallest absolute Gasteiger partial charge is 0.341 e. The lowest BCUT2D eigenvalue weighted by Gasteiger charge is -2.15. The number of hydrogen-bond donors (Lipinski definition) is 1. The van der Waals surface area contributed by atoms with Crippen molar-refractivity contribution in [2.45, 2.75) is 38.5 Å². The van der Waals surface area contributed by atoms with Crippen molar-refractivity contribution in [1.29, 1.82) is 0 Å². The Hall–Kier alpha value is -2.67. The number of rotatable bonds is 6. The standard InChI is InChI=1S/C21H22N2O4S/c1-2-27-21(26)18-16(13-5-6-13)12-28-20(18)22-19(25)14-7-9-15(10-8-14)23-11-3-4-17(23)24/h7-10,12-13H,2-6,11H2,1H3,(H,22,25). The Morgan fingerprint density at radius 2 is 2.00 bits per heavy atom. The van der Waals surface area contributed by atoms with E-state index in [1.807, 2.05) is 5.38 Å². The number of anilines is 2. The Labute approximate surface area is 167 Å². The van der Waals surface area contributed by atoms with Gasteiger partial charge in [-0.05, 0) is 67.3 Å². The molecule has 1 aliphatic heterocycles. The molecule has 0 bridgehead atoms. The van der Waals surface area contributed by atoms with E-state index in [1.54, 1.807) is 36.1 Å². The molecule has 1 aromatic carbocycles. The number of nitrogens with zero attached hydrogens (tertiary/aromatic N) is 1. The predicted octanol–water partition coefficient (Wildman–Crippen LogP) is 4.18. The van der Waals surface area contributed by atoms with Gasteiger partial charge in [0, 0.05) is 24.2 Å². The summed E-state index contributed by atoms with van der Waals surface area (Å²) in [5.74, 6) is -0.168. The van der Waals surface area contributed by atoms with Crippen molar-refractivity contribution >= 4 is 39.8 Å². The Balaban J connectivity index is 1.52. The molecule has 28 heavy (non-hydrogen) atoms. The van der Waals surface area contributed by atoms with E-state index < -0.39 is 0 Å². The van der Waals surface area contributed by atoms with Crippen LogP contribution in [0.1, 0.15) is 64.8 Å². The first kappa shape index (κ1) is 18.7. The van der Waals surface area contributed by atoms with Crippen LogP contribution >= 0.6 is 11.3 Å². The minimum Gasteiger partial charge on any atom is -0.462 e. The van der Waals surface area contributed by atoms with Gasteiger partial charge >= 0.3 is 5.97 Å². The van der Waals surface area contributed by atoms with Gasteiger partial charge in [0.2, 0.25) is 5.91 Å². The number of esters is 1. The lowest BCUT2D eigenvalue weighted by atomic mass is 10.1. The maximum absolute atomic E-state index is 12.7. The third-order valence-corrected chi connectivity index (χ3v) is 5.97. The van der Waals surface area contributed by atoms with Gasteiger partial charge in [0.05, 0.1) is 12.2 Å². The molecule has 2 aliphatic rings. The van der Waals surface area contributed by atoms with E-state index in [2.05, 4.69) is 5.32 Å². The number of amides is 2. The molecule has 0 spiro atoms. The maximum Gasteiger partial charge on any atom is 0.341 e. The van der Waals surface area contributed by atoms with Gasteiger partial charge < -0.3 is 15.0 Å². The van der Waals surface area contributed by atoms with Crippen molar-refractivity contribution in [3.63, 3.8) is 0 Å². The molecule has 7 heteroatoms. The highest BCUT2D eigenvalue weighted by atomic mass is 32.1. The molecular weight excluding hydrogens is 376 g/mol. The highest BCUT2D eigenvalue weighted by Crippen LogP contribution is 2.46. The molecule has 2 fully saturated rings. The van der Waals surface area contributed by atoms with Gasteiger partial charge in [0.1, 0.15) is 5.00 Å². The number of nitrogens with one attached hydrogen (secondary N) is 1. The van der Waals surface area contributed by atoms with Gasteiger partial charge in [-0.15, -0.1) is 11.3 Å². The molecule has 4 rings (SSSR count). The zero-order chi connectivity index (χ0) is 19.7. The average molecular weight is 398 g/mol. The summed E-state index contributed by atoms with van der Waals surface area (Å²) >= 11 is 1.36. The molecule has 2 heterocycles. The van der Waals surface area contributed by atoms with Gasteiger partial charge in [0.25, 0.3) is 5.91 Å². The summed E-state index contributed by atoms with van der Waals surface area (Å²) in [5.41, 5.74) is 2.74. The highest BCUT2D eigenvalue weighted by Gasteiger charge is 2.32. The quantitative estimate of drug-likeness (QED) is 0.741. The summed E-state index contributed by atoms with van der Waals surface area (Å²) in [6.45, 7) is 2.78. The van der Waals surface area contributed by atoms with Crippen LogP contribution in [0.15, 0.2) is 29.6 Å². The second-order valence-electron chi connectivity index (χ2n) is 7.04. The summed E-state index contributed by atoms with van der Waals surface area (Å²) in [6, 6.07) is 6.98. The largest absolute Gasteiger partial charge is 0.462 e. The van der Waals surface area contributed by atoms with Crippen molar-refractivity contribution < 1.29 is 19.1 Å². The van der Waals surface area contributed by atoms with E-state index in [4.69, 9.17) is 4.74 Å².